The molecule has 0 amide bonds. The summed E-state index contributed by atoms with van der Waals surface area (Å²) >= 11 is 0. The van der Waals surface area contributed by atoms with Gasteiger partial charge in [0.2, 0.25) is 0 Å². The third-order valence-corrected chi connectivity index (χ3v) is 3.96. The molecule has 0 bridgehead atoms. The second kappa shape index (κ2) is 5.47. The Bertz CT molecular complexity index is 469. The first-order valence-electron chi connectivity index (χ1n) is 5.72. The maximum atomic E-state index is 11.7. The zero-order valence-corrected chi connectivity index (χ0v) is 10.4. The molecule has 1 aromatic carbocycles. The number of hydrogen-bond acceptors (Lipinski definition) is 3. The zero-order chi connectivity index (χ0) is 12.1. The van der Waals surface area contributed by atoms with Crippen LogP contribution in [0.4, 0.5) is 0 Å². The molecule has 0 spiro atoms. The van der Waals surface area contributed by atoms with Gasteiger partial charge in [-0.3, -0.25) is 4.18 Å². The molecule has 0 unspecified atom stereocenters. The Morgan fingerprint density at radius 1 is 1.12 bits per heavy atom. The van der Waals surface area contributed by atoms with Crippen molar-refractivity contribution in [3.63, 3.8) is 0 Å². The smallest absolute Gasteiger partial charge is 0.270 e. The molecule has 0 N–H and O–H groups in total. The molecule has 1 aliphatic rings. The van der Waals surface area contributed by atoms with Crippen molar-refractivity contribution >= 4 is 10.1 Å². The number of hydrogen-bond donors (Lipinski definition) is 0. The van der Waals surface area contributed by atoms with E-state index in [9.17, 15) is 8.42 Å². The SMILES string of the molecule is O=S(=O)(Cc1ccccc1)OCC1CC=CC1. The van der Waals surface area contributed by atoms with Gasteiger partial charge >= 0.3 is 0 Å². The van der Waals surface area contributed by atoms with Crippen LogP contribution in [0.5, 0.6) is 0 Å². The van der Waals surface area contributed by atoms with Crippen molar-refractivity contribution in [1.29, 1.82) is 0 Å². The molecule has 0 saturated heterocycles. The van der Waals surface area contributed by atoms with Crippen molar-refractivity contribution in [3.8, 4) is 0 Å². The molecule has 3 nitrogen and oxygen atoms in total. The first kappa shape index (κ1) is 12.3. The first-order valence-corrected chi connectivity index (χ1v) is 7.29. The minimum atomic E-state index is -3.45. The van der Waals surface area contributed by atoms with Crippen LogP contribution in [0.2, 0.25) is 0 Å². The van der Waals surface area contributed by atoms with Crippen molar-refractivity contribution < 1.29 is 12.6 Å². The van der Waals surface area contributed by atoms with Gasteiger partial charge in [0.25, 0.3) is 10.1 Å². The van der Waals surface area contributed by atoms with E-state index in [1.807, 2.05) is 18.2 Å². The van der Waals surface area contributed by atoms with Crippen LogP contribution in [0.15, 0.2) is 42.5 Å². The van der Waals surface area contributed by atoms with Gasteiger partial charge in [0, 0.05) is 0 Å². The van der Waals surface area contributed by atoms with Crippen LogP contribution in [0, 0.1) is 5.92 Å². The molecule has 1 aromatic rings. The summed E-state index contributed by atoms with van der Waals surface area (Å²) in [6.07, 6.45) is 5.97. The average molecular weight is 252 g/mol. The quantitative estimate of drug-likeness (QED) is 0.597. The summed E-state index contributed by atoms with van der Waals surface area (Å²) in [5.74, 6) is 0.272. The van der Waals surface area contributed by atoms with Crippen LogP contribution in [0.1, 0.15) is 18.4 Å². The Morgan fingerprint density at radius 2 is 1.76 bits per heavy atom. The fourth-order valence-electron chi connectivity index (χ4n) is 1.83. The molecule has 92 valence electrons. The highest BCUT2D eigenvalue weighted by molar-refractivity contribution is 7.85. The molecule has 2 rings (SSSR count). The monoisotopic (exact) mass is 252 g/mol. The lowest BCUT2D eigenvalue weighted by Crippen LogP contribution is -2.14. The van der Waals surface area contributed by atoms with E-state index in [0.29, 0.717) is 12.5 Å². The lowest BCUT2D eigenvalue weighted by Gasteiger charge is -2.10. The van der Waals surface area contributed by atoms with Crippen LogP contribution >= 0.6 is 0 Å². The normalized spacial score (nSPS) is 16.5. The summed E-state index contributed by atoms with van der Waals surface area (Å²) in [5, 5.41) is 0. The fraction of sp³-hybridized carbons (Fsp3) is 0.385. The van der Waals surface area contributed by atoms with Crippen molar-refractivity contribution in [3.05, 3.63) is 48.0 Å². The molecule has 4 heteroatoms. The molecule has 1 aliphatic carbocycles. The Hall–Kier alpha value is -1.13. The zero-order valence-electron chi connectivity index (χ0n) is 9.58. The second-order valence-electron chi connectivity index (χ2n) is 4.28. The summed E-state index contributed by atoms with van der Waals surface area (Å²) in [6.45, 7) is 0.294. The van der Waals surface area contributed by atoms with Crippen LogP contribution < -0.4 is 0 Å². The van der Waals surface area contributed by atoms with E-state index >= 15 is 0 Å². The van der Waals surface area contributed by atoms with Gasteiger partial charge in [0.1, 0.15) is 5.75 Å². The van der Waals surface area contributed by atoms with Crippen LogP contribution in [-0.4, -0.2) is 15.0 Å². The van der Waals surface area contributed by atoms with E-state index in [-0.39, 0.29) is 5.75 Å². The van der Waals surface area contributed by atoms with Gasteiger partial charge < -0.3 is 0 Å². The van der Waals surface area contributed by atoms with Gasteiger partial charge in [-0.05, 0) is 24.3 Å². The predicted molar refractivity (Wildman–Crippen MR) is 66.9 cm³/mol. The Balaban J connectivity index is 1.86. The fourth-order valence-corrected chi connectivity index (χ4v) is 2.91. The maximum Gasteiger partial charge on any atom is 0.271 e. The van der Waals surface area contributed by atoms with Crippen molar-refractivity contribution in [2.45, 2.75) is 18.6 Å². The highest BCUT2D eigenvalue weighted by atomic mass is 32.2. The average Bonchev–Trinajstić information content (AvgIpc) is 2.80. The van der Waals surface area contributed by atoms with Crippen molar-refractivity contribution in [2.24, 2.45) is 5.92 Å². The van der Waals surface area contributed by atoms with Gasteiger partial charge in [0.15, 0.2) is 0 Å². The molecular weight excluding hydrogens is 236 g/mol. The molecule has 0 atom stereocenters. The number of benzene rings is 1. The highest BCUT2D eigenvalue weighted by Crippen LogP contribution is 2.19. The summed E-state index contributed by atoms with van der Waals surface area (Å²) in [7, 11) is -3.45. The van der Waals surface area contributed by atoms with E-state index < -0.39 is 10.1 Å². The van der Waals surface area contributed by atoms with Crippen molar-refractivity contribution in [1.82, 2.24) is 0 Å². The van der Waals surface area contributed by atoms with E-state index in [0.717, 1.165) is 18.4 Å². The lowest BCUT2D eigenvalue weighted by atomic mass is 10.1. The largest absolute Gasteiger partial charge is 0.271 e. The van der Waals surface area contributed by atoms with Gasteiger partial charge in [-0.25, -0.2) is 0 Å². The molecule has 0 saturated carbocycles. The maximum absolute atomic E-state index is 11.7. The van der Waals surface area contributed by atoms with Crippen LogP contribution in [-0.2, 0) is 20.1 Å². The molecule has 0 fully saturated rings. The Labute approximate surface area is 102 Å². The summed E-state index contributed by atoms with van der Waals surface area (Å²) in [6, 6.07) is 9.09. The van der Waals surface area contributed by atoms with E-state index in [1.165, 1.54) is 0 Å². The topological polar surface area (TPSA) is 43.4 Å². The molecule has 0 aromatic heterocycles. The van der Waals surface area contributed by atoms with Crippen molar-refractivity contribution in [2.75, 3.05) is 6.61 Å². The number of rotatable bonds is 5. The predicted octanol–water partition coefficient (Wildman–Crippen LogP) is 2.50. The molecular formula is C13H16O3S. The summed E-state index contributed by atoms with van der Waals surface area (Å²) in [5.41, 5.74) is 0.761. The van der Waals surface area contributed by atoms with Crippen LogP contribution in [0.25, 0.3) is 0 Å². The Morgan fingerprint density at radius 3 is 2.41 bits per heavy atom. The van der Waals surface area contributed by atoms with Gasteiger partial charge in [-0.1, -0.05) is 42.5 Å². The Kier molecular flexibility index (Phi) is 3.97. The third kappa shape index (κ3) is 3.98. The molecule has 0 radical (unpaired) electrons. The minimum absolute atomic E-state index is 0.0476. The van der Waals surface area contributed by atoms with Gasteiger partial charge in [0.05, 0.1) is 6.61 Å². The second-order valence-corrected chi connectivity index (χ2v) is 5.92. The summed E-state index contributed by atoms with van der Waals surface area (Å²) in [4.78, 5) is 0. The van der Waals surface area contributed by atoms with Gasteiger partial charge in [-0.2, -0.15) is 8.42 Å². The lowest BCUT2D eigenvalue weighted by molar-refractivity contribution is 0.260. The molecule has 0 heterocycles. The van der Waals surface area contributed by atoms with Crippen LogP contribution in [0.3, 0.4) is 0 Å². The van der Waals surface area contributed by atoms with E-state index in [4.69, 9.17) is 4.18 Å². The highest BCUT2D eigenvalue weighted by Gasteiger charge is 2.17. The van der Waals surface area contributed by atoms with E-state index in [2.05, 4.69) is 12.2 Å². The minimum Gasteiger partial charge on any atom is -0.270 e. The number of allylic oxidation sites excluding steroid dienone is 2. The first-order chi connectivity index (χ1) is 8.16. The van der Waals surface area contributed by atoms with E-state index in [1.54, 1.807) is 12.1 Å². The summed E-state index contributed by atoms with van der Waals surface area (Å²) < 4.78 is 28.5. The molecule has 17 heavy (non-hydrogen) atoms. The third-order valence-electron chi connectivity index (χ3n) is 2.78. The molecule has 0 aliphatic heterocycles. The van der Waals surface area contributed by atoms with Gasteiger partial charge in [-0.15, -0.1) is 0 Å². The standard InChI is InChI=1S/C13H16O3S/c14-17(15,11-13-8-2-1-3-9-13)16-10-12-6-4-5-7-12/h1-5,8-9,12H,6-7,10-11H2.